The number of hydrogen-bond donors (Lipinski definition) is 0. The Kier molecular flexibility index (Phi) is 5.84. The summed E-state index contributed by atoms with van der Waals surface area (Å²) < 4.78 is 5.55. The molecule has 0 aliphatic heterocycles. The van der Waals surface area contributed by atoms with Gasteiger partial charge < -0.3 is 9.64 Å². The first kappa shape index (κ1) is 19.9. The summed E-state index contributed by atoms with van der Waals surface area (Å²) in [5.74, 6) is -0.0127. The third-order valence-corrected chi connectivity index (χ3v) is 6.55. The number of aryl methyl sites for hydroxylation is 1. The van der Waals surface area contributed by atoms with Gasteiger partial charge in [-0.25, -0.2) is 4.79 Å². The smallest absolute Gasteiger partial charge is 0.339 e. The van der Waals surface area contributed by atoms with E-state index in [2.05, 4.69) is 6.92 Å². The predicted octanol–water partition coefficient (Wildman–Crippen LogP) is 4.31. The average molecular weight is 395 g/mol. The highest BCUT2D eigenvalue weighted by Gasteiger charge is 2.27. The van der Waals surface area contributed by atoms with Gasteiger partial charge in [0.1, 0.15) is 0 Å². The molecule has 1 aromatic heterocycles. The molecule has 29 heavy (non-hydrogen) atoms. The summed E-state index contributed by atoms with van der Waals surface area (Å²) in [6.45, 7) is 2.00. The summed E-state index contributed by atoms with van der Waals surface area (Å²) in [6, 6.07) is 7.98. The molecule has 1 unspecified atom stereocenters. The zero-order chi connectivity index (χ0) is 20.4. The summed E-state index contributed by atoms with van der Waals surface area (Å²) in [5.41, 5.74) is 3.42. The molecule has 4 rings (SSSR count). The maximum absolute atomic E-state index is 13.1. The zero-order valence-corrected chi connectivity index (χ0v) is 17.4. The van der Waals surface area contributed by atoms with Crippen LogP contribution in [0.3, 0.4) is 0 Å². The number of likely N-dealkylation sites (N-methyl/N-ethyl adjacent to an activating group) is 1. The number of nitrogens with zero attached hydrogens (tertiary/aromatic N) is 2. The van der Waals surface area contributed by atoms with E-state index in [0.717, 1.165) is 67.1 Å². The Hall–Kier alpha value is -2.43. The van der Waals surface area contributed by atoms with Crippen LogP contribution in [0.25, 0.3) is 10.9 Å². The largest absolute Gasteiger partial charge is 0.452 e. The van der Waals surface area contributed by atoms with Crippen LogP contribution in [0, 0.1) is 5.92 Å². The van der Waals surface area contributed by atoms with E-state index in [1.807, 2.05) is 31.3 Å². The number of carbonyl (C=O) groups is 2. The minimum Gasteiger partial charge on any atom is -0.452 e. The van der Waals surface area contributed by atoms with Crippen LogP contribution in [-0.4, -0.2) is 41.5 Å². The molecular formula is C24H30N2O3. The van der Waals surface area contributed by atoms with E-state index >= 15 is 0 Å². The summed E-state index contributed by atoms with van der Waals surface area (Å²) in [6.07, 6.45) is 8.43. The minimum atomic E-state index is -0.403. The van der Waals surface area contributed by atoms with Crippen molar-refractivity contribution < 1.29 is 14.3 Å². The molecule has 0 radical (unpaired) electrons. The lowest BCUT2D eigenvalue weighted by Gasteiger charge is -2.31. The number of amides is 1. The number of para-hydroxylation sites is 1. The van der Waals surface area contributed by atoms with Crippen LogP contribution in [0.5, 0.6) is 0 Å². The molecule has 1 heterocycles. The number of benzene rings is 1. The summed E-state index contributed by atoms with van der Waals surface area (Å²) in [4.78, 5) is 32.3. The Bertz CT molecular complexity index is 918. The molecule has 5 heteroatoms. The van der Waals surface area contributed by atoms with E-state index in [1.165, 1.54) is 6.42 Å². The van der Waals surface area contributed by atoms with Crippen molar-refractivity contribution in [2.45, 2.75) is 64.3 Å². The van der Waals surface area contributed by atoms with Crippen molar-refractivity contribution in [1.82, 2.24) is 9.88 Å². The first-order valence-corrected chi connectivity index (χ1v) is 10.9. The van der Waals surface area contributed by atoms with E-state index in [4.69, 9.17) is 9.72 Å². The fraction of sp³-hybridized carbons (Fsp3) is 0.542. The molecule has 1 fully saturated rings. The van der Waals surface area contributed by atoms with Gasteiger partial charge in [-0.2, -0.15) is 0 Å². The molecule has 0 N–H and O–H groups in total. The Labute approximate surface area is 172 Å². The first-order valence-electron chi connectivity index (χ1n) is 10.9. The van der Waals surface area contributed by atoms with Gasteiger partial charge in [0.2, 0.25) is 0 Å². The van der Waals surface area contributed by atoms with Crippen LogP contribution < -0.4 is 0 Å². The van der Waals surface area contributed by atoms with Crippen LogP contribution in [0.4, 0.5) is 0 Å². The zero-order valence-electron chi connectivity index (χ0n) is 17.4. The maximum Gasteiger partial charge on any atom is 0.339 e. The maximum atomic E-state index is 13.1. The number of rotatable bonds is 4. The summed E-state index contributed by atoms with van der Waals surface area (Å²) >= 11 is 0. The summed E-state index contributed by atoms with van der Waals surface area (Å²) in [5, 5.41) is 0.818. The Balaban J connectivity index is 1.55. The Morgan fingerprint density at radius 3 is 2.69 bits per heavy atom. The molecule has 154 valence electrons. The van der Waals surface area contributed by atoms with Gasteiger partial charge >= 0.3 is 5.97 Å². The van der Waals surface area contributed by atoms with E-state index < -0.39 is 5.97 Å². The van der Waals surface area contributed by atoms with E-state index in [-0.39, 0.29) is 18.6 Å². The molecule has 0 spiro atoms. The normalized spacial score (nSPS) is 19.6. The second-order valence-corrected chi connectivity index (χ2v) is 8.65. The topological polar surface area (TPSA) is 59.5 Å². The van der Waals surface area contributed by atoms with Gasteiger partial charge in [-0.05, 0) is 49.7 Å². The van der Waals surface area contributed by atoms with Crippen molar-refractivity contribution in [3.8, 4) is 0 Å². The van der Waals surface area contributed by atoms with Gasteiger partial charge in [-0.1, -0.05) is 44.4 Å². The second kappa shape index (κ2) is 8.52. The number of fused-ring (bicyclic) bond motifs is 2. The van der Waals surface area contributed by atoms with E-state index in [0.29, 0.717) is 11.5 Å². The molecule has 0 saturated heterocycles. The van der Waals surface area contributed by atoms with Crippen LogP contribution >= 0.6 is 0 Å². The predicted molar refractivity (Wildman–Crippen MR) is 113 cm³/mol. The van der Waals surface area contributed by atoms with Gasteiger partial charge in [0, 0.05) is 24.2 Å². The fourth-order valence-corrected chi connectivity index (χ4v) is 4.77. The highest BCUT2D eigenvalue weighted by molar-refractivity contribution is 6.05. The molecule has 1 saturated carbocycles. The number of esters is 1. The lowest BCUT2D eigenvalue weighted by Crippen LogP contribution is -2.40. The van der Waals surface area contributed by atoms with E-state index in [1.54, 1.807) is 4.90 Å². The average Bonchev–Trinajstić information content (AvgIpc) is 2.75. The van der Waals surface area contributed by atoms with Gasteiger partial charge in [0.05, 0.1) is 11.1 Å². The van der Waals surface area contributed by atoms with Gasteiger partial charge in [-0.15, -0.1) is 0 Å². The number of pyridine rings is 1. The van der Waals surface area contributed by atoms with Crippen molar-refractivity contribution in [3.63, 3.8) is 0 Å². The van der Waals surface area contributed by atoms with Crippen LogP contribution in [0.2, 0.25) is 0 Å². The van der Waals surface area contributed by atoms with Crippen molar-refractivity contribution in [3.05, 3.63) is 41.1 Å². The van der Waals surface area contributed by atoms with Crippen molar-refractivity contribution >= 4 is 22.8 Å². The number of hydrogen-bond acceptors (Lipinski definition) is 4. The highest BCUT2D eigenvalue weighted by atomic mass is 16.5. The Morgan fingerprint density at radius 2 is 1.90 bits per heavy atom. The van der Waals surface area contributed by atoms with Gasteiger partial charge in [0.15, 0.2) is 6.61 Å². The molecule has 2 aliphatic carbocycles. The van der Waals surface area contributed by atoms with Crippen LogP contribution in [-0.2, 0) is 22.4 Å². The molecule has 1 atom stereocenters. The number of aromatic nitrogens is 1. The number of ether oxygens (including phenoxy) is 1. The molecule has 0 bridgehead atoms. The van der Waals surface area contributed by atoms with Crippen molar-refractivity contribution in [2.24, 2.45) is 5.92 Å². The third kappa shape index (κ3) is 4.14. The van der Waals surface area contributed by atoms with Crippen molar-refractivity contribution in [1.29, 1.82) is 0 Å². The molecule has 1 aromatic carbocycles. The second-order valence-electron chi connectivity index (χ2n) is 8.65. The lowest BCUT2D eigenvalue weighted by atomic mass is 9.84. The molecule has 2 aliphatic rings. The first-order chi connectivity index (χ1) is 14.0. The van der Waals surface area contributed by atoms with Gasteiger partial charge in [-0.3, -0.25) is 9.78 Å². The van der Waals surface area contributed by atoms with E-state index in [9.17, 15) is 9.59 Å². The van der Waals surface area contributed by atoms with Crippen LogP contribution in [0.1, 0.15) is 67.1 Å². The monoisotopic (exact) mass is 394 g/mol. The molecule has 1 amide bonds. The SMILES string of the molecule is CC1CCc2nc3ccccc3c(C(=O)OCC(=O)N(C)C3CCCCC3)c2C1. The molecule has 5 nitrogen and oxygen atoms in total. The summed E-state index contributed by atoms with van der Waals surface area (Å²) in [7, 11) is 1.83. The van der Waals surface area contributed by atoms with Crippen LogP contribution in [0.15, 0.2) is 24.3 Å². The molecular weight excluding hydrogens is 364 g/mol. The fourth-order valence-electron chi connectivity index (χ4n) is 4.77. The lowest BCUT2D eigenvalue weighted by molar-refractivity contribution is -0.135. The quantitative estimate of drug-likeness (QED) is 0.725. The van der Waals surface area contributed by atoms with Gasteiger partial charge in [0.25, 0.3) is 5.91 Å². The standard InChI is InChI=1S/C24H30N2O3/c1-16-12-13-21-19(14-16)23(18-10-6-7-11-20(18)25-21)24(28)29-15-22(27)26(2)17-8-4-3-5-9-17/h6-7,10-11,16-17H,3-5,8-9,12-15H2,1-2H3. The Morgan fingerprint density at radius 1 is 1.14 bits per heavy atom. The molecule has 2 aromatic rings. The number of carbonyl (C=O) groups excluding carboxylic acids is 2. The third-order valence-electron chi connectivity index (χ3n) is 6.55. The minimum absolute atomic E-state index is 0.120. The van der Waals surface area contributed by atoms with Crippen molar-refractivity contribution in [2.75, 3.05) is 13.7 Å². The highest BCUT2D eigenvalue weighted by Crippen LogP contribution is 2.32.